The number of carbonyl (C=O) groups is 2. The fraction of sp³-hybridized carbons (Fsp3) is 0.179. The third-order valence-corrected chi connectivity index (χ3v) is 5.61. The maximum atomic E-state index is 13.0. The van der Waals surface area contributed by atoms with Gasteiger partial charge in [0, 0.05) is 23.4 Å². The molecule has 0 fully saturated rings. The Morgan fingerprint density at radius 2 is 1.59 bits per heavy atom. The highest BCUT2D eigenvalue weighted by Gasteiger charge is 2.16. The van der Waals surface area contributed by atoms with E-state index in [0.29, 0.717) is 39.9 Å². The minimum absolute atomic E-state index is 0.136. The zero-order valence-corrected chi connectivity index (χ0v) is 21.1. The van der Waals surface area contributed by atoms with Crippen LogP contribution in [-0.4, -0.2) is 42.9 Å². The summed E-state index contributed by atoms with van der Waals surface area (Å²) in [4.78, 5) is 25.4. The van der Waals surface area contributed by atoms with Gasteiger partial charge in [0.2, 0.25) is 11.7 Å². The summed E-state index contributed by atoms with van der Waals surface area (Å²) in [5, 5.41) is 10.1. The molecule has 0 saturated carbocycles. The number of nitrogens with one attached hydrogen (secondary N) is 2. The van der Waals surface area contributed by atoms with E-state index in [0.717, 1.165) is 11.1 Å². The molecule has 0 unspecified atom stereocenters. The Hall–Kier alpha value is -4.79. The third-order valence-electron chi connectivity index (χ3n) is 5.61. The Labute approximate surface area is 215 Å². The van der Waals surface area contributed by atoms with Crippen molar-refractivity contribution in [1.29, 1.82) is 0 Å². The fourth-order valence-electron chi connectivity index (χ4n) is 3.89. The SMILES string of the molecule is COc1cc(NC(=O)c2cccc(-n3cc(NC(=O)Cc4cccc(C)c4)cn3)c2)cc(OC)c1OC. The first-order valence-electron chi connectivity index (χ1n) is 11.5. The van der Waals surface area contributed by atoms with Gasteiger partial charge in [0.15, 0.2) is 11.5 Å². The van der Waals surface area contributed by atoms with Gasteiger partial charge in [-0.05, 0) is 30.7 Å². The van der Waals surface area contributed by atoms with E-state index >= 15 is 0 Å². The predicted molar refractivity (Wildman–Crippen MR) is 141 cm³/mol. The van der Waals surface area contributed by atoms with Gasteiger partial charge in [-0.2, -0.15) is 5.10 Å². The number of hydrogen-bond donors (Lipinski definition) is 2. The van der Waals surface area contributed by atoms with Gasteiger partial charge in [-0.3, -0.25) is 9.59 Å². The summed E-state index contributed by atoms with van der Waals surface area (Å²) in [6.07, 6.45) is 3.53. The number of amides is 2. The van der Waals surface area contributed by atoms with Crippen LogP contribution in [0.3, 0.4) is 0 Å². The maximum Gasteiger partial charge on any atom is 0.255 e. The molecule has 2 amide bonds. The van der Waals surface area contributed by atoms with Gasteiger partial charge in [-0.25, -0.2) is 4.68 Å². The Balaban J connectivity index is 1.46. The first-order chi connectivity index (χ1) is 17.9. The molecule has 0 aliphatic heterocycles. The Bertz CT molecular complexity index is 1400. The summed E-state index contributed by atoms with van der Waals surface area (Å²) < 4.78 is 17.6. The van der Waals surface area contributed by atoms with Crippen LogP contribution in [0, 0.1) is 6.92 Å². The van der Waals surface area contributed by atoms with Crippen molar-refractivity contribution in [2.75, 3.05) is 32.0 Å². The summed E-state index contributed by atoms with van der Waals surface area (Å²) in [6.45, 7) is 1.99. The lowest BCUT2D eigenvalue weighted by Crippen LogP contribution is -2.14. The Morgan fingerprint density at radius 1 is 0.865 bits per heavy atom. The second-order valence-electron chi connectivity index (χ2n) is 8.31. The van der Waals surface area contributed by atoms with Crippen LogP contribution in [0.1, 0.15) is 21.5 Å². The van der Waals surface area contributed by atoms with Gasteiger partial charge in [0.05, 0.1) is 51.5 Å². The Kier molecular flexibility index (Phi) is 7.73. The van der Waals surface area contributed by atoms with Crippen molar-refractivity contribution in [1.82, 2.24) is 9.78 Å². The van der Waals surface area contributed by atoms with E-state index in [1.165, 1.54) is 21.3 Å². The predicted octanol–water partition coefficient (Wildman–Crippen LogP) is 4.64. The number of carbonyl (C=O) groups excluding carboxylic acids is 2. The first-order valence-corrected chi connectivity index (χ1v) is 11.5. The second kappa shape index (κ2) is 11.3. The summed E-state index contributed by atoms with van der Waals surface area (Å²) in [5.74, 6) is 0.836. The minimum atomic E-state index is -0.324. The lowest BCUT2D eigenvalue weighted by atomic mass is 10.1. The van der Waals surface area contributed by atoms with Crippen LogP contribution < -0.4 is 24.8 Å². The molecule has 0 spiro atoms. The van der Waals surface area contributed by atoms with E-state index in [4.69, 9.17) is 14.2 Å². The van der Waals surface area contributed by atoms with E-state index in [1.54, 1.807) is 47.4 Å². The monoisotopic (exact) mass is 500 g/mol. The van der Waals surface area contributed by atoms with Crippen molar-refractivity contribution in [2.45, 2.75) is 13.3 Å². The molecule has 3 aromatic carbocycles. The van der Waals surface area contributed by atoms with Crippen LogP contribution in [0.4, 0.5) is 11.4 Å². The number of anilines is 2. The highest BCUT2D eigenvalue weighted by molar-refractivity contribution is 6.05. The quantitative estimate of drug-likeness (QED) is 0.347. The van der Waals surface area contributed by atoms with Crippen LogP contribution in [0.25, 0.3) is 5.69 Å². The number of nitrogens with zero attached hydrogens (tertiary/aromatic N) is 2. The fourth-order valence-corrected chi connectivity index (χ4v) is 3.89. The van der Waals surface area contributed by atoms with Crippen molar-refractivity contribution in [2.24, 2.45) is 0 Å². The topological polar surface area (TPSA) is 104 Å². The average molecular weight is 501 g/mol. The van der Waals surface area contributed by atoms with Gasteiger partial charge < -0.3 is 24.8 Å². The number of aromatic nitrogens is 2. The average Bonchev–Trinajstić information content (AvgIpc) is 3.36. The van der Waals surface area contributed by atoms with Crippen molar-refractivity contribution >= 4 is 23.2 Å². The van der Waals surface area contributed by atoms with Crippen molar-refractivity contribution in [3.8, 4) is 22.9 Å². The molecule has 1 heterocycles. The molecule has 190 valence electrons. The Morgan fingerprint density at radius 3 is 2.27 bits per heavy atom. The van der Waals surface area contributed by atoms with Crippen LogP contribution in [0.2, 0.25) is 0 Å². The molecule has 4 aromatic rings. The normalized spacial score (nSPS) is 10.5. The molecule has 0 bridgehead atoms. The molecular formula is C28H28N4O5. The molecule has 0 aliphatic carbocycles. The molecule has 9 nitrogen and oxygen atoms in total. The van der Waals surface area contributed by atoms with Crippen molar-refractivity contribution in [3.05, 3.63) is 89.7 Å². The van der Waals surface area contributed by atoms with E-state index in [-0.39, 0.29) is 18.2 Å². The van der Waals surface area contributed by atoms with E-state index in [9.17, 15) is 9.59 Å². The van der Waals surface area contributed by atoms with E-state index < -0.39 is 0 Å². The highest BCUT2D eigenvalue weighted by Crippen LogP contribution is 2.40. The minimum Gasteiger partial charge on any atom is -0.493 e. The van der Waals surface area contributed by atoms with Gasteiger partial charge in [-0.1, -0.05) is 35.9 Å². The molecular weight excluding hydrogens is 472 g/mol. The van der Waals surface area contributed by atoms with Gasteiger partial charge >= 0.3 is 0 Å². The van der Waals surface area contributed by atoms with Crippen LogP contribution in [0.15, 0.2) is 73.1 Å². The largest absolute Gasteiger partial charge is 0.493 e. The lowest BCUT2D eigenvalue weighted by Gasteiger charge is -2.14. The zero-order chi connectivity index (χ0) is 26.4. The standard InChI is InChI=1S/C28H28N4O5/c1-18-7-5-8-19(11-18)12-26(33)30-22-16-29-32(17-22)23-10-6-9-20(13-23)28(34)31-21-14-24(35-2)27(37-4)25(15-21)36-3/h5-11,13-17H,12H2,1-4H3,(H,30,33)(H,31,34). The summed E-state index contributed by atoms with van der Waals surface area (Å²) in [6, 6.07) is 18.1. The number of hydrogen-bond acceptors (Lipinski definition) is 6. The van der Waals surface area contributed by atoms with Gasteiger partial charge in [-0.15, -0.1) is 0 Å². The first kappa shape index (κ1) is 25.3. The van der Waals surface area contributed by atoms with Crippen LogP contribution in [0.5, 0.6) is 17.2 Å². The van der Waals surface area contributed by atoms with Crippen molar-refractivity contribution in [3.63, 3.8) is 0 Å². The second-order valence-corrected chi connectivity index (χ2v) is 8.31. The van der Waals surface area contributed by atoms with Crippen LogP contribution >= 0.6 is 0 Å². The summed E-state index contributed by atoms with van der Waals surface area (Å²) in [5.41, 5.74) is 4.18. The number of benzene rings is 3. The molecule has 0 saturated heterocycles. The molecule has 0 radical (unpaired) electrons. The van der Waals surface area contributed by atoms with Crippen LogP contribution in [-0.2, 0) is 11.2 Å². The molecule has 1 aromatic heterocycles. The molecule has 0 atom stereocenters. The molecule has 37 heavy (non-hydrogen) atoms. The van der Waals surface area contributed by atoms with Crippen molar-refractivity contribution < 1.29 is 23.8 Å². The summed E-state index contributed by atoms with van der Waals surface area (Å²) >= 11 is 0. The van der Waals surface area contributed by atoms with Gasteiger partial charge in [0.1, 0.15) is 0 Å². The zero-order valence-electron chi connectivity index (χ0n) is 21.1. The highest BCUT2D eigenvalue weighted by atomic mass is 16.5. The molecule has 0 aliphatic rings. The van der Waals surface area contributed by atoms with E-state index in [2.05, 4.69) is 15.7 Å². The number of ether oxygens (including phenoxy) is 3. The number of aryl methyl sites for hydroxylation is 1. The summed E-state index contributed by atoms with van der Waals surface area (Å²) in [7, 11) is 4.53. The maximum absolute atomic E-state index is 13.0. The lowest BCUT2D eigenvalue weighted by molar-refractivity contribution is -0.115. The molecule has 9 heteroatoms. The number of rotatable bonds is 9. The van der Waals surface area contributed by atoms with E-state index in [1.807, 2.05) is 37.3 Å². The molecule has 4 rings (SSSR count). The number of methoxy groups -OCH3 is 3. The molecule has 2 N–H and O–H groups in total. The van der Waals surface area contributed by atoms with Gasteiger partial charge in [0.25, 0.3) is 5.91 Å². The smallest absolute Gasteiger partial charge is 0.255 e. The third kappa shape index (κ3) is 6.07.